The second-order valence-corrected chi connectivity index (χ2v) is 7.04. The van der Waals surface area contributed by atoms with Gasteiger partial charge in [0.05, 0.1) is 18.3 Å². The summed E-state index contributed by atoms with van der Waals surface area (Å²) in [6.45, 7) is 2.36. The number of hydrogen-bond acceptors (Lipinski definition) is 3. The molecule has 0 saturated heterocycles. The van der Waals surface area contributed by atoms with Gasteiger partial charge in [0.1, 0.15) is 5.75 Å². The minimum Gasteiger partial charge on any atom is -0.482 e. The molecule has 0 saturated carbocycles. The lowest BCUT2D eigenvalue weighted by molar-refractivity contribution is -0.121. The van der Waals surface area contributed by atoms with Gasteiger partial charge in [-0.2, -0.15) is 0 Å². The van der Waals surface area contributed by atoms with Gasteiger partial charge in [-0.1, -0.05) is 54.6 Å². The van der Waals surface area contributed by atoms with Gasteiger partial charge in [-0.3, -0.25) is 9.59 Å². The maximum Gasteiger partial charge on any atom is 0.265 e. The summed E-state index contributed by atoms with van der Waals surface area (Å²) in [5, 5.41) is 3.03. The number of ether oxygens (including phenoxy) is 1. The normalized spacial score (nSPS) is 14.0. The zero-order valence-electron chi connectivity index (χ0n) is 16.2. The average molecular weight is 386 g/mol. The van der Waals surface area contributed by atoms with E-state index in [1.54, 1.807) is 11.0 Å². The lowest BCUT2D eigenvalue weighted by Gasteiger charge is -2.29. The molecule has 0 fully saturated rings. The zero-order chi connectivity index (χ0) is 20.2. The van der Waals surface area contributed by atoms with E-state index in [0.29, 0.717) is 17.9 Å². The van der Waals surface area contributed by atoms with E-state index in [9.17, 15) is 9.59 Å². The maximum atomic E-state index is 12.7. The topological polar surface area (TPSA) is 58.6 Å². The van der Waals surface area contributed by atoms with Gasteiger partial charge < -0.3 is 15.0 Å². The minimum absolute atomic E-state index is 0.0196. The van der Waals surface area contributed by atoms with Crippen LogP contribution in [0.25, 0.3) is 0 Å². The van der Waals surface area contributed by atoms with E-state index in [0.717, 1.165) is 16.8 Å². The molecule has 0 aliphatic carbocycles. The monoisotopic (exact) mass is 386 g/mol. The number of para-hydroxylation sites is 2. The van der Waals surface area contributed by atoms with Gasteiger partial charge in [-0.15, -0.1) is 0 Å². The van der Waals surface area contributed by atoms with E-state index in [1.165, 1.54) is 0 Å². The van der Waals surface area contributed by atoms with Crippen LogP contribution in [0.1, 0.15) is 34.5 Å². The fraction of sp³-hybridized carbons (Fsp3) is 0.167. The van der Waals surface area contributed by atoms with Crippen LogP contribution in [0.4, 0.5) is 5.69 Å². The first kappa shape index (κ1) is 18.7. The van der Waals surface area contributed by atoms with Crippen molar-refractivity contribution in [3.63, 3.8) is 0 Å². The second-order valence-electron chi connectivity index (χ2n) is 7.04. The number of carbonyl (C=O) groups is 2. The molecule has 3 aromatic rings. The Balaban J connectivity index is 1.51. The molecule has 1 heterocycles. The average Bonchev–Trinajstić information content (AvgIpc) is 2.76. The maximum absolute atomic E-state index is 12.7. The van der Waals surface area contributed by atoms with E-state index in [4.69, 9.17) is 4.74 Å². The smallest absolute Gasteiger partial charge is 0.265 e. The first-order chi connectivity index (χ1) is 14.1. The van der Waals surface area contributed by atoms with E-state index in [1.807, 2.05) is 79.7 Å². The summed E-state index contributed by atoms with van der Waals surface area (Å²) in [7, 11) is 0. The molecule has 0 aromatic heterocycles. The highest BCUT2D eigenvalue weighted by Crippen LogP contribution is 2.32. The molecule has 146 valence electrons. The van der Waals surface area contributed by atoms with Crippen molar-refractivity contribution >= 4 is 17.5 Å². The Morgan fingerprint density at radius 2 is 1.79 bits per heavy atom. The molecule has 0 spiro atoms. The lowest BCUT2D eigenvalue weighted by atomic mass is 10.1. The van der Waals surface area contributed by atoms with Gasteiger partial charge in [0.15, 0.2) is 6.61 Å². The van der Waals surface area contributed by atoms with Crippen LogP contribution in [-0.2, 0) is 11.3 Å². The van der Waals surface area contributed by atoms with Gasteiger partial charge in [0.25, 0.3) is 11.8 Å². The number of nitrogens with one attached hydrogen (secondary N) is 1. The fourth-order valence-electron chi connectivity index (χ4n) is 3.43. The Hall–Kier alpha value is -3.60. The predicted molar refractivity (Wildman–Crippen MR) is 112 cm³/mol. The van der Waals surface area contributed by atoms with Gasteiger partial charge in [-0.25, -0.2) is 0 Å². The summed E-state index contributed by atoms with van der Waals surface area (Å²) >= 11 is 0. The van der Waals surface area contributed by atoms with Gasteiger partial charge >= 0.3 is 0 Å². The number of rotatable bonds is 5. The number of hydrogen-bond donors (Lipinski definition) is 1. The van der Waals surface area contributed by atoms with Crippen molar-refractivity contribution in [2.75, 3.05) is 11.5 Å². The molecule has 5 nitrogen and oxygen atoms in total. The van der Waals surface area contributed by atoms with Crippen LogP contribution in [0.2, 0.25) is 0 Å². The van der Waals surface area contributed by atoms with Crippen LogP contribution in [0.5, 0.6) is 5.75 Å². The third-order valence-corrected chi connectivity index (χ3v) is 4.99. The number of amides is 2. The van der Waals surface area contributed by atoms with Crippen molar-refractivity contribution < 1.29 is 14.3 Å². The number of nitrogens with zero attached hydrogens (tertiary/aromatic N) is 1. The molecule has 29 heavy (non-hydrogen) atoms. The van der Waals surface area contributed by atoms with E-state index in [-0.39, 0.29) is 24.5 Å². The van der Waals surface area contributed by atoms with Crippen LogP contribution in [0.15, 0.2) is 78.9 Å². The minimum atomic E-state index is -0.142. The van der Waals surface area contributed by atoms with Crippen LogP contribution >= 0.6 is 0 Å². The van der Waals surface area contributed by atoms with Crippen molar-refractivity contribution in [3.05, 3.63) is 95.6 Å². The molecule has 1 N–H and O–H groups in total. The highest BCUT2D eigenvalue weighted by atomic mass is 16.5. The van der Waals surface area contributed by atoms with Crippen molar-refractivity contribution in [2.24, 2.45) is 0 Å². The Kier molecular flexibility index (Phi) is 5.29. The number of carbonyl (C=O) groups excluding carboxylic acids is 2. The summed E-state index contributed by atoms with van der Waals surface area (Å²) in [6.07, 6.45) is 0. The first-order valence-corrected chi connectivity index (χ1v) is 9.59. The third-order valence-electron chi connectivity index (χ3n) is 4.99. The first-order valence-electron chi connectivity index (χ1n) is 9.59. The molecule has 3 aromatic carbocycles. The Morgan fingerprint density at radius 3 is 2.62 bits per heavy atom. The summed E-state index contributed by atoms with van der Waals surface area (Å²) in [6, 6.07) is 24.6. The predicted octanol–water partition coefficient (Wildman–Crippen LogP) is 4.10. The third kappa shape index (κ3) is 4.14. The van der Waals surface area contributed by atoms with Crippen LogP contribution in [0, 0.1) is 0 Å². The molecule has 1 atom stereocenters. The Bertz CT molecular complexity index is 1030. The molecule has 1 aliphatic heterocycles. The van der Waals surface area contributed by atoms with Crippen molar-refractivity contribution in [1.29, 1.82) is 0 Å². The molecular weight excluding hydrogens is 364 g/mol. The molecule has 0 unspecified atom stereocenters. The summed E-state index contributed by atoms with van der Waals surface area (Å²) in [5.41, 5.74) is 3.25. The van der Waals surface area contributed by atoms with E-state index < -0.39 is 0 Å². The Morgan fingerprint density at radius 1 is 1.03 bits per heavy atom. The van der Waals surface area contributed by atoms with Crippen molar-refractivity contribution in [1.82, 2.24) is 5.32 Å². The number of benzene rings is 3. The van der Waals surface area contributed by atoms with Crippen LogP contribution in [0.3, 0.4) is 0 Å². The molecule has 1 aliphatic rings. The molecular formula is C24H22N2O3. The SMILES string of the molecule is C[C@@H](NC(=O)c1cccc(CN2C(=O)COc3ccccc32)c1)c1ccccc1. The highest BCUT2D eigenvalue weighted by Gasteiger charge is 2.25. The van der Waals surface area contributed by atoms with E-state index >= 15 is 0 Å². The fourth-order valence-corrected chi connectivity index (χ4v) is 3.43. The summed E-state index contributed by atoms with van der Waals surface area (Å²) in [4.78, 5) is 26.8. The van der Waals surface area contributed by atoms with Gasteiger partial charge in [0.2, 0.25) is 0 Å². The molecule has 2 amide bonds. The number of fused-ring (bicyclic) bond motifs is 1. The largest absolute Gasteiger partial charge is 0.482 e. The van der Waals surface area contributed by atoms with Gasteiger partial charge in [-0.05, 0) is 42.3 Å². The van der Waals surface area contributed by atoms with E-state index in [2.05, 4.69) is 5.32 Å². The van der Waals surface area contributed by atoms with Crippen LogP contribution in [-0.4, -0.2) is 18.4 Å². The standard InChI is InChI=1S/C24H22N2O3/c1-17(19-9-3-2-4-10-19)25-24(28)20-11-7-8-18(14-20)15-26-21-12-5-6-13-22(21)29-16-23(26)27/h2-14,17H,15-16H2,1H3,(H,25,28)/t17-/m1/s1. The number of anilines is 1. The molecule has 0 bridgehead atoms. The highest BCUT2D eigenvalue weighted by molar-refractivity contribution is 5.98. The van der Waals surface area contributed by atoms with Gasteiger partial charge in [0, 0.05) is 5.56 Å². The summed E-state index contributed by atoms with van der Waals surface area (Å²) < 4.78 is 5.50. The quantitative estimate of drug-likeness (QED) is 0.718. The lowest BCUT2D eigenvalue weighted by Crippen LogP contribution is -2.38. The molecule has 5 heteroatoms. The van der Waals surface area contributed by atoms with Crippen LogP contribution < -0.4 is 15.0 Å². The van der Waals surface area contributed by atoms with Crippen molar-refractivity contribution in [3.8, 4) is 5.75 Å². The van der Waals surface area contributed by atoms with Crippen molar-refractivity contribution in [2.45, 2.75) is 19.5 Å². The molecule has 0 radical (unpaired) electrons. The Labute approximate surface area is 169 Å². The zero-order valence-corrected chi connectivity index (χ0v) is 16.2. The second kappa shape index (κ2) is 8.19. The molecule has 4 rings (SSSR count). The summed E-state index contributed by atoms with van der Waals surface area (Å²) in [5.74, 6) is 0.450.